The fourth-order valence-electron chi connectivity index (χ4n) is 2.87. The summed E-state index contributed by atoms with van der Waals surface area (Å²) in [5, 5.41) is 24.7. The number of hydrogen-bond donors (Lipinski definition) is 3. The molecule has 15 heteroatoms. The first-order valence-corrected chi connectivity index (χ1v) is 12.8. The average molecular weight is 535 g/mol. The van der Waals surface area contributed by atoms with Crippen molar-refractivity contribution in [3.8, 4) is 5.75 Å². The molecule has 0 saturated heterocycles. The molecule has 0 bridgehead atoms. The topological polar surface area (TPSA) is 183 Å². The zero-order valence-corrected chi connectivity index (χ0v) is 20.6. The normalized spacial score (nSPS) is 11.0. The number of benzene rings is 2. The summed E-state index contributed by atoms with van der Waals surface area (Å²) >= 11 is 1.14. The van der Waals surface area contributed by atoms with Crippen LogP contribution >= 0.6 is 11.3 Å². The highest BCUT2D eigenvalue weighted by molar-refractivity contribution is 7.89. The molecular weight excluding hydrogens is 512 g/mol. The van der Waals surface area contributed by atoms with E-state index in [4.69, 9.17) is 4.74 Å². The number of carbonyl (C=O) groups is 2. The highest BCUT2D eigenvalue weighted by atomic mass is 32.2. The predicted octanol–water partition coefficient (Wildman–Crippen LogP) is 1.73. The summed E-state index contributed by atoms with van der Waals surface area (Å²) in [6.45, 7) is 0.121. The maximum Gasteiger partial charge on any atom is 0.269 e. The van der Waals surface area contributed by atoms with Gasteiger partial charge in [-0.15, -0.1) is 10.2 Å². The van der Waals surface area contributed by atoms with Crippen molar-refractivity contribution in [2.75, 3.05) is 25.5 Å². The summed E-state index contributed by atoms with van der Waals surface area (Å²) < 4.78 is 31.9. The minimum absolute atomic E-state index is 0.152. The number of aromatic nitrogens is 2. The van der Waals surface area contributed by atoms with E-state index in [0.29, 0.717) is 29.3 Å². The molecule has 2 aromatic carbocycles. The van der Waals surface area contributed by atoms with Gasteiger partial charge in [-0.2, -0.15) is 0 Å². The number of nitrogens with zero attached hydrogens (tertiary/aromatic N) is 3. The van der Waals surface area contributed by atoms with E-state index in [0.717, 1.165) is 35.6 Å². The minimum Gasteiger partial charge on any atom is -0.497 e. The average Bonchev–Trinajstić information content (AvgIpc) is 3.30. The van der Waals surface area contributed by atoms with Crippen LogP contribution in [0, 0.1) is 10.1 Å². The number of non-ortho nitro benzene ring substituents is 1. The summed E-state index contributed by atoms with van der Waals surface area (Å²) in [4.78, 5) is 34.2. The van der Waals surface area contributed by atoms with Crippen molar-refractivity contribution in [3.05, 3.63) is 69.2 Å². The van der Waals surface area contributed by atoms with Gasteiger partial charge in [0.1, 0.15) is 10.8 Å². The Morgan fingerprint density at radius 2 is 1.86 bits per heavy atom. The van der Waals surface area contributed by atoms with Crippen LogP contribution in [-0.2, 0) is 21.2 Å². The van der Waals surface area contributed by atoms with E-state index < -0.39 is 20.9 Å². The number of methoxy groups -OCH3 is 1. The lowest BCUT2D eigenvalue weighted by molar-refractivity contribution is -0.384. The first kappa shape index (κ1) is 26.7. The fraction of sp³-hybridized carbons (Fsp3) is 0.238. The maximum atomic E-state index is 12.3. The van der Waals surface area contributed by atoms with Gasteiger partial charge in [-0.3, -0.25) is 19.7 Å². The van der Waals surface area contributed by atoms with Crippen molar-refractivity contribution in [3.63, 3.8) is 0 Å². The van der Waals surface area contributed by atoms with Crippen LogP contribution in [0.1, 0.15) is 21.8 Å². The molecule has 0 aliphatic carbocycles. The summed E-state index contributed by atoms with van der Waals surface area (Å²) in [7, 11) is -2.41. The van der Waals surface area contributed by atoms with E-state index in [1.165, 1.54) is 7.11 Å². The molecule has 0 aliphatic heterocycles. The van der Waals surface area contributed by atoms with E-state index in [9.17, 15) is 28.1 Å². The monoisotopic (exact) mass is 534 g/mol. The van der Waals surface area contributed by atoms with Crippen molar-refractivity contribution < 1.29 is 27.7 Å². The summed E-state index contributed by atoms with van der Waals surface area (Å²) in [6.07, 6.45) is 0.232. The number of hydrogen-bond acceptors (Lipinski definition) is 10. The van der Waals surface area contributed by atoms with Crippen LogP contribution in [-0.4, -0.2) is 55.6 Å². The Balaban J connectivity index is 1.41. The molecule has 0 radical (unpaired) electrons. The predicted molar refractivity (Wildman–Crippen MR) is 130 cm³/mol. The third kappa shape index (κ3) is 7.53. The zero-order valence-electron chi connectivity index (χ0n) is 19.0. The molecule has 1 heterocycles. The van der Waals surface area contributed by atoms with E-state index >= 15 is 0 Å². The Morgan fingerprint density at radius 1 is 1.11 bits per heavy atom. The summed E-state index contributed by atoms with van der Waals surface area (Å²) in [5.41, 5.74) is 0.229. The lowest BCUT2D eigenvalue weighted by Crippen LogP contribution is -2.27. The number of nitro groups is 1. The molecule has 36 heavy (non-hydrogen) atoms. The molecule has 0 fully saturated rings. The molecule has 0 saturated carbocycles. The smallest absolute Gasteiger partial charge is 0.269 e. The highest BCUT2D eigenvalue weighted by Crippen LogP contribution is 2.17. The first-order valence-electron chi connectivity index (χ1n) is 10.5. The van der Waals surface area contributed by atoms with Gasteiger partial charge in [0.15, 0.2) is 0 Å². The van der Waals surface area contributed by atoms with Crippen molar-refractivity contribution in [2.45, 2.75) is 17.7 Å². The van der Waals surface area contributed by atoms with E-state index in [1.807, 2.05) is 0 Å². The third-order valence-electron chi connectivity index (χ3n) is 4.67. The SMILES string of the molecule is COc1cccc(C(=O)NCCc2nnc(NC(=O)CCNS(=O)(=O)c3ccc([N+](=O)[O-])cc3)s2)c1. The van der Waals surface area contributed by atoms with Gasteiger partial charge in [0.2, 0.25) is 21.1 Å². The van der Waals surface area contributed by atoms with Crippen LogP contribution in [0.4, 0.5) is 10.8 Å². The van der Waals surface area contributed by atoms with Gasteiger partial charge >= 0.3 is 0 Å². The highest BCUT2D eigenvalue weighted by Gasteiger charge is 2.16. The quantitative estimate of drug-likeness (QED) is 0.230. The minimum atomic E-state index is -3.93. The van der Waals surface area contributed by atoms with Gasteiger partial charge in [-0.25, -0.2) is 13.1 Å². The number of anilines is 1. The molecule has 0 unspecified atom stereocenters. The van der Waals surface area contributed by atoms with E-state index in [2.05, 4.69) is 25.6 Å². The second-order valence-electron chi connectivity index (χ2n) is 7.19. The summed E-state index contributed by atoms with van der Waals surface area (Å²) in [5.74, 6) is -0.162. The van der Waals surface area contributed by atoms with Crippen molar-refractivity contribution in [1.29, 1.82) is 0 Å². The van der Waals surface area contributed by atoms with Crippen LogP contribution < -0.4 is 20.1 Å². The fourth-order valence-corrected chi connectivity index (χ4v) is 4.65. The number of sulfonamides is 1. The van der Waals surface area contributed by atoms with Crippen LogP contribution in [0.15, 0.2) is 53.4 Å². The number of carbonyl (C=O) groups excluding carboxylic acids is 2. The Kier molecular flexibility index (Phi) is 8.99. The van der Waals surface area contributed by atoms with E-state index in [1.54, 1.807) is 24.3 Å². The zero-order chi connectivity index (χ0) is 26.1. The first-order chi connectivity index (χ1) is 17.2. The van der Waals surface area contributed by atoms with E-state index in [-0.39, 0.29) is 34.6 Å². The van der Waals surface area contributed by atoms with Gasteiger partial charge in [-0.05, 0) is 30.3 Å². The third-order valence-corrected chi connectivity index (χ3v) is 7.05. The van der Waals surface area contributed by atoms with Crippen molar-refractivity contribution in [1.82, 2.24) is 20.2 Å². The molecule has 13 nitrogen and oxygen atoms in total. The molecule has 0 atom stereocenters. The molecule has 0 aliphatic rings. The van der Waals surface area contributed by atoms with Crippen molar-refractivity contribution >= 4 is 44.0 Å². The Morgan fingerprint density at radius 3 is 2.56 bits per heavy atom. The van der Waals surface area contributed by atoms with Gasteiger partial charge in [0.05, 0.1) is 16.9 Å². The Bertz CT molecular complexity index is 1340. The van der Waals surface area contributed by atoms with Crippen LogP contribution in [0.5, 0.6) is 5.75 Å². The molecule has 3 N–H and O–H groups in total. The van der Waals surface area contributed by atoms with Crippen LogP contribution in [0.25, 0.3) is 0 Å². The van der Waals surface area contributed by atoms with Gasteiger partial charge < -0.3 is 15.4 Å². The number of amides is 2. The largest absolute Gasteiger partial charge is 0.497 e. The molecule has 2 amide bonds. The lowest BCUT2D eigenvalue weighted by atomic mass is 10.2. The molecule has 1 aromatic heterocycles. The number of nitro benzene ring substituents is 1. The molecule has 190 valence electrons. The number of nitrogens with one attached hydrogen (secondary N) is 3. The molecule has 0 spiro atoms. The molecular formula is C21H22N6O7S2. The standard InChI is InChI=1S/C21H22N6O7S2/c1-34-16-4-2-3-14(13-16)20(29)22-11-10-19-25-26-21(35-19)24-18(28)9-12-23-36(32,33)17-7-5-15(6-8-17)27(30)31/h2-8,13,23H,9-12H2,1H3,(H,22,29)(H,24,26,28). The van der Waals surface area contributed by atoms with Crippen molar-refractivity contribution in [2.24, 2.45) is 0 Å². The lowest BCUT2D eigenvalue weighted by Gasteiger charge is -2.06. The van der Waals surface area contributed by atoms with Gasteiger partial charge in [-0.1, -0.05) is 17.4 Å². The van der Waals surface area contributed by atoms with Gasteiger partial charge in [0.25, 0.3) is 11.6 Å². The van der Waals surface area contributed by atoms with Crippen LogP contribution in [0.3, 0.4) is 0 Å². The molecule has 3 aromatic rings. The number of ether oxygens (including phenoxy) is 1. The van der Waals surface area contributed by atoms with Gasteiger partial charge in [0, 0.05) is 43.6 Å². The number of rotatable bonds is 12. The Labute approximate surface area is 210 Å². The second kappa shape index (κ2) is 12.1. The second-order valence-corrected chi connectivity index (χ2v) is 10.0. The van der Waals surface area contributed by atoms with Crippen LogP contribution in [0.2, 0.25) is 0 Å². The maximum absolute atomic E-state index is 12.3. The Hall–Kier alpha value is -3.95. The summed E-state index contributed by atoms with van der Waals surface area (Å²) in [6, 6.07) is 11.1. The molecule has 3 rings (SSSR count).